The summed E-state index contributed by atoms with van der Waals surface area (Å²) in [7, 11) is 0. The van der Waals surface area contributed by atoms with E-state index in [2.05, 4.69) is 0 Å². The third kappa shape index (κ3) is 1.68. The van der Waals surface area contributed by atoms with Gasteiger partial charge in [0.2, 0.25) is 0 Å². The monoisotopic (exact) mass is 178 g/mol. The number of hydrogen-bond donors (Lipinski definition) is 2. The van der Waals surface area contributed by atoms with Gasteiger partial charge in [0.05, 0.1) is 0 Å². The number of nitrogen functional groups attached to an aromatic ring is 1. The van der Waals surface area contributed by atoms with Gasteiger partial charge in [-0.15, -0.1) is 0 Å². The molecule has 68 valence electrons. The van der Waals surface area contributed by atoms with Crippen LogP contribution in [0.3, 0.4) is 0 Å². The van der Waals surface area contributed by atoms with Gasteiger partial charge in [0, 0.05) is 17.1 Å². The summed E-state index contributed by atoms with van der Waals surface area (Å²) in [6.07, 6.45) is 0. The summed E-state index contributed by atoms with van der Waals surface area (Å²) >= 11 is 0. The van der Waals surface area contributed by atoms with E-state index in [-0.39, 0.29) is 11.8 Å². The quantitative estimate of drug-likeness (QED) is 0.472. The molecule has 13 heavy (non-hydrogen) atoms. The largest absolute Gasteiger partial charge is 0.423 e. The van der Waals surface area contributed by atoms with E-state index in [0.29, 0.717) is 11.3 Å². The number of nitrogens with two attached hydrogens (primary N) is 1. The van der Waals surface area contributed by atoms with Crippen molar-refractivity contribution in [1.82, 2.24) is 6.15 Å². The molecule has 0 atom stereocenters. The molecule has 0 amide bonds. The molecule has 0 aliphatic carbocycles. The molecule has 4 heteroatoms. The van der Waals surface area contributed by atoms with E-state index in [1.54, 1.807) is 24.3 Å². The van der Waals surface area contributed by atoms with Crippen molar-refractivity contribution in [2.24, 2.45) is 0 Å². The first-order valence-corrected chi connectivity index (χ1v) is 3.55. The fraction of sp³-hybridized carbons (Fsp3) is 0. The molecule has 1 aromatic carbocycles. The van der Waals surface area contributed by atoms with Gasteiger partial charge in [-0.05, 0) is 24.3 Å². The van der Waals surface area contributed by atoms with Gasteiger partial charge in [-0.2, -0.15) is 0 Å². The summed E-state index contributed by atoms with van der Waals surface area (Å²) in [6.45, 7) is 0. The number of fused-ring (bicyclic) bond motifs is 1. The van der Waals surface area contributed by atoms with Crippen molar-refractivity contribution < 1.29 is 4.42 Å². The number of rotatable bonds is 0. The molecule has 2 rings (SSSR count). The Morgan fingerprint density at radius 2 is 1.92 bits per heavy atom. The summed E-state index contributed by atoms with van der Waals surface area (Å²) in [4.78, 5) is 10.8. The molecule has 2 aromatic rings. The molecule has 0 aliphatic rings. The van der Waals surface area contributed by atoms with Crippen LogP contribution in [-0.4, -0.2) is 0 Å². The molecule has 4 nitrogen and oxygen atoms in total. The van der Waals surface area contributed by atoms with Crippen LogP contribution in [0, 0.1) is 0 Å². The van der Waals surface area contributed by atoms with Crippen molar-refractivity contribution in [3.8, 4) is 0 Å². The highest BCUT2D eigenvalue weighted by atomic mass is 16.4. The summed E-state index contributed by atoms with van der Waals surface area (Å²) in [6, 6.07) is 8.22. The first kappa shape index (κ1) is 9.28. The Labute approximate surface area is 74.6 Å². The molecule has 0 unspecified atom stereocenters. The van der Waals surface area contributed by atoms with Crippen molar-refractivity contribution in [2.45, 2.75) is 0 Å². The Morgan fingerprint density at radius 1 is 1.15 bits per heavy atom. The van der Waals surface area contributed by atoms with Crippen molar-refractivity contribution in [2.75, 3.05) is 5.73 Å². The van der Waals surface area contributed by atoms with Gasteiger partial charge in [0.15, 0.2) is 0 Å². The summed E-state index contributed by atoms with van der Waals surface area (Å²) in [5.74, 6) is 0. The SMILES string of the molecule is N.Nc1ccc2oc(=O)ccc2c1. The fourth-order valence-corrected chi connectivity index (χ4v) is 1.09. The normalized spacial score (nSPS) is 9.54. The lowest BCUT2D eigenvalue weighted by Gasteiger charge is -1.95. The second kappa shape index (κ2) is 3.28. The molecular weight excluding hydrogens is 168 g/mol. The van der Waals surface area contributed by atoms with Crippen LogP contribution in [0.1, 0.15) is 0 Å². The Hall–Kier alpha value is -1.81. The zero-order valence-corrected chi connectivity index (χ0v) is 6.99. The van der Waals surface area contributed by atoms with E-state index in [4.69, 9.17) is 10.2 Å². The fourth-order valence-electron chi connectivity index (χ4n) is 1.09. The van der Waals surface area contributed by atoms with Gasteiger partial charge < -0.3 is 16.3 Å². The lowest BCUT2D eigenvalue weighted by molar-refractivity contribution is 0.561. The lowest BCUT2D eigenvalue weighted by Crippen LogP contribution is -1.94. The van der Waals surface area contributed by atoms with Gasteiger partial charge in [-0.25, -0.2) is 4.79 Å². The highest BCUT2D eigenvalue weighted by Crippen LogP contribution is 2.14. The second-order valence-corrected chi connectivity index (χ2v) is 2.55. The van der Waals surface area contributed by atoms with Gasteiger partial charge in [0.25, 0.3) is 0 Å². The van der Waals surface area contributed by atoms with Crippen LogP contribution in [0.25, 0.3) is 11.0 Å². The maximum atomic E-state index is 10.8. The molecule has 1 aromatic heterocycles. The minimum atomic E-state index is -0.340. The summed E-state index contributed by atoms with van der Waals surface area (Å²) in [5, 5.41) is 0.842. The van der Waals surface area contributed by atoms with Crippen molar-refractivity contribution in [3.63, 3.8) is 0 Å². The highest BCUT2D eigenvalue weighted by molar-refractivity contribution is 5.79. The van der Waals surface area contributed by atoms with Gasteiger partial charge in [0.1, 0.15) is 5.58 Å². The van der Waals surface area contributed by atoms with Crippen molar-refractivity contribution in [1.29, 1.82) is 0 Å². The van der Waals surface area contributed by atoms with Crippen LogP contribution < -0.4 is 17.5 Å². The zero-order chi connectivity index (χ0) is 8.55. The molecule has 1 heterocycles. The minimum Gasteiger partial charge on any atom is -0.423 e. The second-order valence-electron chi connectivity index (χ2n) is 2.55. The Bertz CT molecular complexity index is 476. The van der Waals surface area contributed by atoms with Crippen LogP contribution in [0.4, 0.5) is 5.69 Å². The van der Waals surface area contributed by atoms with Crippen LogP contribution in [0.5, 0.6) is 0 Å². The van der Waals surface area contributed by atoms with Gasteiger partial charge in [-0.3, -0.25) is 0 Å². The van der Waals surface area contributed by atoms with E-state index in [1.807, 2.05) is 0 Å². The average Bonchev–Trinajstić information content (AvgIpc) is 2.05. The Balaban J connectivity index is 0.000000845. The smallest absolute Gasteiger partial charge is 0.336 e. The van der Waals surface area contributed by atoms with Crippen molar-refractivity contribution in [3.05, 3.63) is 40.8 Å². The van der Waals surface area contributed by atoms with E-state index < -0.39 is 0 Å². The van der Waals surface area contributed by atoms with E-state index in [1.165, 1.54) is 6.07 Å². The van der Waals surface area contributed by atoms with Crippen LogP contribution in [0.2, 0.25) is 0 Å². The molecule has 5 N–H and O–H groups in total. The summed E-state index contributed by atoms with van der Waals surface area (Å²) < 4.78 is 4.91. The maximum absolute atomic E-state index is 10.8. The third-order valence-electron chi connectivity index (χ3n) is 1.64. The number of benzene rings is 1. The molecule has 0 saturated carbocycles. The third-order valence-corrected chi connectivity index (χ3v) is 1.64. The van der Waals surface area contributed by atoms with E-state index in [0.717, 1.165) is 5.39 Å². The Morgan fingerprint density at radius 3 is 2.69 bits per heavy atom. The molecule has 0 radical (unpaired) electrons. The first-order chi connectivity index (χ1) is 5.75. The topological polar surface area (TPSA) is 91.2 Å². The highest BCUT2D eigenvalue weighted by Gasteiger charge is 1.95. The van der Waals surface area contributed by atoms with Crippen LogP contribution in [0.15, 0.2) is 39.5 Å². The Kier molecular flexibility index (Phi) is 2.34. The minimum absolute atomic E-state index is 0. The maximum Gasteiger partial charge on any atom is 0.336 e. The molecule has 0 fully saturated rings. The predicted octanol–water partition coefficient (Wildman–Crippen LogP) is 1.54. The van der Waals surface area contributed by atoms with Gasteiger partial charge in [-0.1, -0.05) is 0 Å². The number of hydrogen-bond acceptors (Lipinski definition) is 4. The van der Waals surface area contributed by atoms with E-state index >= 15 is 0 Å². The number of anilines is 1. The first-order valence-electron chi connectivity index (χ1n) is 3.55. The van der Waals surface area contributed by atoms with Crippen molar-refractivity contribution >= 4 is 16.7 Å². The lowest BCUT2D eigenvalue weighted by atomic mass is 10.2. The zero-order valence-electron chi connectivity index (χ0n) is 6.99. The van der Waals surface area contributed by atoms with E-state index in [9.17, 15) is 4.79 Å². The predicted molar refractivity (Wildman–Crippen MR) is 51.9 cm³/mol. The standard InChI is InChI=1S/C9H7NO2.H3N/c10-7-2-3-8-6(5-7)1-4-9(11)12-8;/h1-5H,10H2;1H3. The van der Waals surface area contributed by atoms with Gasteiger partial charge >= 0.3 is 5.63 Å². The molecule has 0 saturated heterocycles. The molecule has 0 bridgehead atoms. The molecule has 0 aliphatic heterocycles. The molecule has 0 spiro atoms. The van der Waals surface area contributed by atoms with Crippen LogP contribution >= 0.6 is 0 Å². The average molecular weight is 178 g/mol. The van der Waals surface area contributed by atoms with Crippen LogP contribution in [-0.2, 0) is 0 Å². The molecular formula is C9H10N2O2. The summed E-state index contributed by atoms with van der Waals surface area (Å²) in [5.41, 5.74) is 6.43.